The van der Waals surface area contributed by atoms with Crippen molar-refractivity contribution < 1.29 is 4.74 Å². The highest BCUT2D eigenvalue weighted by molar-refractivity contribution is 5.12. The summed E-state index contributed by atoms with van der Waals surface area (Å²) >= 11 is 0. The number of nitrogens with zero attached hydrogens (tertiary/aromatic N) is 3. The van der Waals surface area contributed by atoms with Gasteiger partial charge in [-0.2, -0.15) is 5.10 Å². The van der Waals surface area contributed by atoms with Gasteiger partial charge in [-0.05, 0) is 38.6 Å². The number of aryl methyl sites for hydroxylation is 1. The summed E-state index contributed by atoms with van der Waals surface area (Å²) in [5, 5.41) is 4.30. The van der Waals surface area contributed by atoms with Gasteiger partial charge in [0, 0.05) is 38.0 Å². The lowest BCUT2D eigenvalue weighted by Crippen LogP contribution is -2.35. The highest BCUT2D eigenvalue weighted by atomic mass is 16.5. The predicted octanol–water partition coefficient (Wildman–Crippen LogP) is 2.13. The minimum Gasteiger partial charge on any atom is -0.377 e. The standard InChI is InChI=1S/C14H23N3O/c1-16-10-12(9-15-16)14-6-4-7-17(14)11-13-5-2-3-8-18-13/h9-10,13-14H,2-8,11H2,1H3/t13-,14-/m0/s1. The van der Waals surface area contributed by atoms with E-state index in [1.165, 1.54) is 44.2 Å². The number of ether oxygens (including phenoxy) is 1. The van der Waals surface area contributed by atoms with E-state index < -0.39 is 0 Å². The Kier molecular flexibility index (Phi) is 3.66. The van der Waals surface area contributed by atoms with Crippen molar-refractivity contribution in [1.29, 1.82) is 0 Å². The summed E-state index contributed by atoms with van der Waals surface area (Å²) < 4.78 is 7.77. The van der Waals surface area contributed by atoms with Crippen LogP contribution in [0.2, 0.25) is 0 Å². The number of rotatable bonds is 3. The number of hydrogen-bond donors (Lipinski definition) is 0. The van der Waals surface area contributed by atoms with Crippen molar-refractivity contribution in [1.82, 2.24) is 14.7 Å². The zero-order valence-corrected chi connectivity index (χ0v) is 11.2. The molecule has 0 saturated carbocycles. The number of likely N-dealkylation sites (tertiary alicyclic amines) is 1. The van der Waals surface area contributed by atoms with E-state index in [0.29, 0.717) is 12.1 Å². The lowest BCUT2D eigenvalue weighted by atomic mass is 10.1. The molecule has 1 aromatic rings. The molecule has 4 heteroatoms. The quantitative estimate of drug-likeness (QED) is 0.822. The second kappa shape index (κ2) is 5.41. The van der Waals surface area contributed by atoms with Crippen molar-refractivity contribution in [3.05, 3.63) is 18.0 Å². The van der Waals surface area contributed by atoms with Gasteiger partial charge in [0.25, 0.3) is 0 Å². The number of aromatic nitrogens is 2. The lowest BCUT2D eigenvalue weighted by molar-refractivity contribution is -0.00806. The van der Waals surface area contributed by atoms with Gasteiger partial charge in [-0.3, -0.25) is 9.58 Å². The Morgan fingerprint density at radius 1 is 1.33 bits per heavy atom. The van der Waals surface area contributed by atoms with E-state index in [-0.39, 0.29) is 0 Å². The summed E-state index contributed by atoms with van der Waals surface area (Å²) in [5.74, 6) is 0. The van der Waals surface area contributed by atoms with Crippen molar-refractivity contribution >= 4 is 0 Å². The van der Waals surface area contributed by atoms with E-state index in [1.54, 1.807) is 0 Å². The fraction of sp³-hybridized carbons (Fsp3) is 0.786. The molecule has 0 aromatic carbocycles. The first-order valence-corrected chi connectivity index (χ1v) is 7.17. The van der Waals surface area contributed by atoms with Gasteiger partial charge >= 0.3 is 0 Å². The molecular weight excluding hydrogens is 226 g/mol. The van der Waals surface area contributed by atoms with E-state index in [9.17, 15) is 0 Å². The van der Waals surface area contributed by atoms with E-state index in [4.69, 9.17) is 4.74 Å². The average Bonchev–Trinajstić information content (AvgIpc) is 2.99. The van der Waals surface area contributed by atoms with Gasteiger partial charge in [0.15, 0.2) is 0 Å². The van der Waals surface area contributed by atoms with Gasteiger partial charge in [0.1, 0.15) is 0 Å². The monoisotopic (exact) mass is 249 g/mol. The van der Waals surface area contributed by atoms with E-state index in [1.807, 2.05) is 17.9 Å². The van der Waals surface area contributed by atoms with Gasteiger partial charge in [-0.15, -0.1) is 0 Å². The van der Waals surface area contributed by atoms with Crippen molar-refractivity contribution in [2.24, 2.45) is 7.05 Å². The summed E-state index contributed by atoms with van der Waals surface area (Å²) in [6.45, 7) is 3.26. The normalized spacial score (nSPS) is 29.8. The molecule has 2 aliphatic heterocycles. The Labute approximate surface area is 109 Å². The van der Waals surface area contributed by atoms with Crippen LogP contribution in [0.5, 0.6) is 0 Å². The zero-order valence-electron chi connectivity index (χ0n) is 11.2. The van der Waals surface area contributed by atoms with Crippen LogP contribution in [-0.4, -0.2) is 40.5 Å². The molecule has 1 aromatic heterocycles. The molecule has 2 fully saturated rings. The molecule has 2 atom stereocenters. The maximum absolute atomic E-state index is 5.87. The minimum absolute atomic E-state index is 0.455. The molecule has 0 spiro atoms. The van der Waals surface area contributed by atoms with Crippen molar-refractivity contribution in [3.8, 4) is 0 Å². The van der Waals surface area contributed by atoms with Crippen LogP contribution in [0.1, 0.15) is 43.7 Å². The molecule has 0 radical (unpaired) electrons. The second-order valence-electron chi connectivity index (χ2n) is 5.59. The largest absolute Gasteiger partial charge is 0.377 e. The molecule has 0 aliphatic carbocycles. The summed E-state index contributed by atoms with van der Waals surface area (Å²) in [6, 6.07) is 0.559. The molecule has 2 aliphatic rings. The summed E-state index contributed by atoms with van der Waals surface area (Å²) in [4.78, 5) is 2.59. The molecule has 0 unspecified atom stereocenters. The molecule has 2 saturated heterocycles. The first kappa shape index (κ1) is 12.2. The third kappa shape index (κ3) is 2.59. The van der Waals surface area contributed by atoms with E-state index in [0.717, 1.165) is 13.2 Å². The zero-order chi connectivity index (χ0) is 12.4. The SMILES string of the molecule is Cn1cc([C@@H]2CCCN2C[C@@H]2CCCCO2)cn1. The topological polar surface area (TPSA) is 30.3 Å². The third-order valence-corrected chi connectivity index (χ3v) is 4.19. The van der Waals surface area contributed by atoms with E-state index >= 15 is 0 Å². The van der Waals surface area contributed by atoms with Gasteiger partial charge in [0.2, 0.25) is 0 Å². The van der Waals surface area contributed by atoms with Crippen LogP contribution in [0.4, 0.5) is 0 Å². The molecule has 100 valence electrons. The average molecular weight is 249 g/mol. The van der Waals surface area contributed by atoms with Crippen molar-refractivity contribution in [2.45, 2.75) is 44.2 Å². The van der Waals surface area contributed by atoms with Crippen LogP contribution < -0.4 is 0 Å². The molecule has 3 rings (SSSR count). The first-order chi connectivity index (χ1) is 8.83. The Bertz CT molecular complexity index is 384. The third-order valence-electron chi connectivity index (χ3n) is 4.19. The van der Waals surface area contributed by atoms with Crippen LogP contribution in [0.3, 0.4) is 0 Å². The Morgan fingerprint density at radius 3 is 3.00 bits per heavy atom. The molecule has 18 heavy (non-hydrogen) atoms. The van der Waals surface area contributed by atoms with Gasteiger partial charge < -0.3 is 4.74 Å². The van der Waals surface area contributed by atoms with Gasteiger partial charge in [-0.25, -0.2) is 0 Å². The van der Waals surface area contributed by atoms with Gasteiger partial charge in [-0.1, -0.05) is 0 Å². The van der Waals surface area contributed by atoms with Crippen molar-refractivity contribution in [2.75, 3.05) is 19.7 Å². The van der Waals surface area contributed by atoms with Crippen molar-refractivity contribution in [3.63, 3.8) is 0 Å². The van der Waals surface area contributed by atoms with Crippen LogP contribution in [0.25, 0.3) is 0 Å². The van der Waals surface area contributed by atoms with Crippen LogP contribution in [0, 0.1) is 0 Å². The molecule has 3 heterocycles. The maximum Gasteiger partial charge on any atom is 0.0702 e. The molecule has 4 nitrogen and oxygen atoms in total. The highest BCUT2D eigenvalue weighted by Gasteiger charge is 2.29. The second-order valence-corrected chi connectivity index (χ2v) is 5.59. The minimum atomic E-state index is 0.455. The van der Waals surface area contributed by atoms with Crippen LogP contribution in [-0.2, 0) is 11.8 Å². The highest BCUT2D eigenvalue weighted by Crippen LogP contribution is 2.32. The summed E-state index contributed by atoms with van der Waals surface area (Å²) in [5.41, 5.74) is 1.37. The summed E-state index contributed by atoms with van der Waals surface area (Å²) in [7, 11) is 1.99. The smallest absolute Gasteiger partial charge is 0.0702 e. The number of hydrogen-bond acceptors (Lipinski definition) is 3. The maximum atomic E-state index is 5.87. The van der Waals surface area contributed by atoms with Gasteiger partial charge in [0.05, 0.1) is 12.3 Å². The molecular formula is C14H23N3O. The fourth-order valence-electron chi connectivity index (χ4n) is 3.25. The lowest BCUT2D eigenvalue weighted by Gasteiger charge is -2.30. The Balaban J connectivity index is 1.63. The summed E-state index contributed by atoms with van der Waals surface area (Å²) in [6.07, 6.45) is 11.0. The predicted molar refractivity (Wildman–Crippen MR) is 70.3 cm³/mol. The van der Waals surface area contributed by atoms with Crippen LogP contribution in [0.15, 0.2) is 12.4 Å². The molecule has 0 amide bonds. The molecule has 0 N–H and O–H groups in total. The first-order valence-electron chi connectivity index (χ1n) is 7.17. The molecule has 0 bridgehead atoms. The Morgan fingerprint density at radius 2 is 2.28 bits per heavy atom. The Hall–Kier alpha value is -0.870. The van der Waals surface area contributed by atoms with E-state index in [2.05, 4.69) is 16.2 Å². The van der Waals surface area contributed by atoms with Crippen LogP contribution >= 0.6 is 0 Å². The fourth-order valence-corrected chi connectivity index (χ4v) is 3.25.